The molecule has 0 radical (unpaired) electrons. The van der Waals surface area contributed by atoms with Crippen molar-refractivity contribution in [2.24, 2.45) is 5.92 Å². The van der Waals surface area contributed by atoms with Crippen LogP contribution in [0.1, 0.15) is 25.5 Å². The van der Waals surface area contributed by atoms with E-state index in [2.05, 4.69) is 15.6 Å². The van der Waals surface area contributed by atoms with Gasteiger partial charge in [-0.1, -0.05) is 0 Å². The zero-order chi connectivity index (χ0) is 14.4. The fraction of sp³-hybridized carbons (Fsp3) is 0.615. The largest absolute Gasteiger partial charge is 0.466 e. The first-order chi connectivity index (χ1) is 9.69. The van der Waals surface area contributed by atoms with Crippen molar-refractivity contribution < 1.29 is 14.3 Å². The van der Waals surface area contributed by atoms with Crippen LogP contribution in [0, 0.1) is 5.92 Å². The lowest BCUT2D eigenvalue weighted by Crippen LogP contribution is -2.37. The van der Waals surface area contributed by atoms with Gasteiger partial charge in [0.1, 0.15) is 0 Å². The van der Waals surface area contributed by atoms with Crippen LogP contribution in [0.3, 0.4) is 0 Å². The average Bonchev–Trinajstić information content (AvgIpc) is 2.87. The van der Waals surface area contributed by atoms with Gasteiger partial charge in [-0.25, -0.2) is 4.98 Å². The summed E-state index contributed by atoms with van der Waals surface area (Å²) in [6.07, 6.45) is 2.06. The number of hydrogen-bond donors (Lipinski definition) is 2. The van der Waals surface area contributed by atoms with Gasteiger partial charge in [0.25, 0.3) is 0 Å². The van der Waals surface area contributed by atoms with E-state index in [1.165, 1.54) is 11.3 Å². The van der Waals surface area contributed by atoms with Crippen LogP contribution < -0.4 is 10.6 Å². The number of carbonyl (C=O) groups excluding carboxylic acids is 2. The van der Waals surface area contributed by atoms with Crippen molar-refractivity contribution in [3.63, 3.8) is 0 Å². The molecule has 21 heavy (non-hydrogen) atoms. The van der Waals surface area contributed by atoms with E-state index in [0.717, 1.165) is 19.4 Å². The Morgan fingerprint density at radius 2 is 2.38 bits per heavy atom. The Kier molecular flexibility index (Phi) is 7.63. The predicted octanol–water partition coefficient (Wildman–Crippen LogP) is 1.61. The molecule has 1 unspecified atom stereocenters. The first kappa shape index (κ1) is 17.9. The molecule has 6 nitrogen and oxygen atoms in total. The second-order valence-electron chi connectivity index (χ2n) is 4.66. The summed E-state index contributed by atoms with van der Waals surface area (Å²) in [5, 5.41) is 8.33. The zero-order valence-corrected chi connectivity index (χ0v) is 13.5. The Labute approximate surface area is 134 Å². The van der Waals surface area contributed by atoms with E-state index in [1.54, 1.807) is 12.3 Å². The van der Waals surface area contributed by atoms with Gasteiger partial charge in [-0.3, -0.25) is 9.59 Å². The number of aromatic nitrogens is 1. The molecule has 2 heterocycles. The smallest absolute Gasteiger partial charge is 0.311 e. The molecule has 0 spiro atoms. The minimum Gasteiger partial charge on any atom is -0.466 e. The van der Waals surface area contributed by atoms with Gasteiger partial charge in [0.05, 0.1) is 24.6 Å². The van der Waals surface area contributed by atoms with Gasteiger partial charge in [-0.15, -0.1) is 23.7 Å². The number of esters is 1. The number of nitrogens with one attached hydrogen (secondary N) is 2. The highest BCUT2D eigenvalue weighted by molar-refractivity contribution is 7.13. The van der Waals surface area contributed by atoms with E-state index in [0.29, 0.717) is 24.0 Å². The van der Waals surface area contributed by atoms with Crippen LogP contribution in [0.15, 0.2) is 5.38 Å². The number of carbonyl (C=O) groups is 2. The Morgan fingerprint density at radius 3 is 3.05 bits per heavy atom. The summed E-state index contributed by atoms with van der Waals surface area (Å²) < 4.78 is 4.86. The number of ether oxygens (including phenoxy) is 1. The third kappa shape index (κ3) is 5.61. The van der Waals surface area contributed by atoms with Crippen molar-refractivity contribution in [2.45, 2.75) is 26.2 Å². The Morgan fingerprint density at radius 1 is 1.57 bits per heavy atom. The lowest BCUT2D eigenvalue weighted by molar-refractivity contribution is -0.142. The lowest BCUT2D eigenvalue weighted by atomic mass is 9.99. The van der Waals surface area contributed by atoms with Crippen molar-refractivity contribution in [3.05, 3.63) is 11.1 Å². The van der Waals surface area contributed by atoms with Crippen molar-refractivity contribution in [1.82, 2.24) is 10.3 Å². The second-order valence-corrected chi connectivity index (χ2v) is 5.52. The fourth-order valence-electron chi connectivity index (χ4n) is 2.09. The van der Waals surface area contributed by atoms with Crippen LogP contribution in [0.4, 0.5) is 5.13 Å². The van der Waals surface area contributed by atoms with Crippen LogP contribution in [0.2, 0.25) is 0 Å². The quantitative estimate of drug-likeness (QED) is 0.800. The van der Waals surface area contributed by atoms with Crippen LogP contribution in [-0.2, 0) is 20.7 Å². The van der Waals surface area contributed by atoms with Gasteiger partial charge >= 0.3 is 5.97 Å². The highest BCUT2D eigenvalue weighted by Crippen LogP contribution is 2.18. The van der Waals surface area contributed by atoms with Gasteiger partial charge in [0, 0.05) is 11.9 Å². The zero-order valence-electron chi connectivity index (χ0n) is 11.9. The molecule has 8 heteroatoms. The lowest BCUT2D eigenvalue weighted by Gasteiger charge is -2.21. The van der Waals surface area contributed by atoms with Crippen molar-refractivity contribution >= 4 is 40.8 Å². The summed E-state index contributed by atoms with van der Waals surface area (Å²) in [6, 6.07) is 0. The van der Waals surface area contributed by atoms with E-state index in [9.17, 15) is 9.59 Å². The molecule has 1 aliphatic rings. The Hall–Kier alpha value is -1.18. The predicted molar refractivity (Wildman–Crippen MR) is 83.9 cm³/mol. The summed E-state index contributed by atoms with van der Waals surface area (Å²) >= 11 is 1.33. The molecule has 1 atom stereocenters. The molecule has 1 aliphatic heterocycles. The van der Waals surface area contributed by atoms with E-state index in [4.69, 9.17) is 4.74 Å². The first-order valence-electron chi connectivity index (χ1n) is 6.80. The standard InChI is InChI=1S/C13H19N3O3S.ClH/c1-2-19-11(17)6-10-8-20-13(15-10)16-12(18)9-4-3-5-14-7-9;/h8-9,14H,2-7H2,1H3,(H,15,16,18);1H. The summed E-state index contributed by atoms with van der Waals surface area (Å²) in [6.45, 7) is 3.82. The summed E-state index contributed by atoms with van der Waals surface area (Å²) in [7, 11) is 0. The maximum atomic E-state index is 12.0. The summed E-state index contributed by atoms with van der Waals surface area (Å²) in [5.74, 6) is -0.303. The third-order valence-electron chi connectivity index (χ3n) is 3.08. The number of piperidine rings is 1. The van der Waals surface area contributed by atoms with Crippen LogP contribution >= 0.6 is 23.7 Å². The molecule has 0 aliphatic carbocycles. The average molecular weight is 334 g/mol. The topological polar surface area (TPSA) is 80.3 Å². The third-order valence-corrected chi connectivity index (χ3v) is 3.89. The van der Waals surface area contributed by atoms with Gasteiger partial charge in [0.15, 0.2) is 5.13 Å². The Bertz CT molecular complexity index is 475. The number of thiazole rings is 1. The monoisotopic (exact) mass is 333 g/mol. The number of nitrogens with zero attached hydrogens (tertiary/aromatic N) is 1. The highest BCUT2D eigenvalue weighted by atomic mass is 35.5. The molecular formula is C13H20ClN3O3S. The first-order valence-corrected chi connectivity index (χ1v) is 7.68. The molecule has 1 fully saturated rings. The minimum atomic E-state index is -0.299. The molecule has 2 N–H and O–H groups in total. The van der Waals surface area contributed by atoms with Gasteiger partial charge in [0.2, 0.25) is 5.91 Å². The summed E-state index contributed by atoms with van der Waals surface area (Å²) in [4.78, 5) is 27.6. The normalized spacial score (nSPS) is 17.7. The molecule has 0 saturated carbocycles. The summed E-state index contributed by atoms with van der Waals surface area (Å²) in [5.41, 5.74) is 0.630. The maximum Gasteiger partial charge on any atom is 0.311 e. The van der Waals surface area contributed by atoms with Crippen molar-refractivity contribution in [3.8, 4) is 0 Å². The fourth-order valence-corrected chi connectivity index (χ4v) is 2.80. The van der Waals surface area contributed by atoms with Crippen molar-refractivity contribution in [1.29, 1.82) is 0 Å². The number of anilines is 1. The van der Waals surface area contributed by atoms with E-state index in [1.807, 2.05) is 0 Å². The molecule has 1 saturated heterocycles. The van der Waals surface area contributed by atoms with Crippen molar-refractivity contribution in [2.75, 3.05) is 25.0 Å². The van der Waals surface area contributed by atoms with Crippen LogP contribution in [0.25, 0.3) is 0 Å². The van der Waals surface area contributed by atoms with Gasteiger partial charge in [-0.05, 0) is 26.3 Å². The van der Waals surface area contributed by atoms with E-state index < -0.39 is 0 Å². The molecule has 1 amide bonds. The SMILES string of the molecule is CCOC(=O)Cc1csc(NC(=O)C2CCCNC2)n1.Cl. The molecule has 1 aromatic heterocycles. The Balaban J connectivity index is 0.00000220. The highest BCUT2D eigenvalue weighted by Gasteiger charge is 2.21. The molecule has 118 valence electrons. The second kappa shape index (κ2) is 8.96. The van der Waals surface area contributed by atoms with Gasteiger partial charge in [-0.2, -0.15) is 0 Å². The number of halogens is 1. The number of hydrogen-bond acceptors (Lipinski definition) is 6. The molecule has 0 aromatic carbocycles. The number of rotatable bonds is 5. The molecular weight excluding hydrogens is 314 g/mol. The van der Waals surface area contributed by atoms with Gasteiger partial charge < -0.3 is 15.4 Å². The maximum absolute atomic E-state index is 12.0. The number of amides is 1. The van der Waals surface area contributed by atoms with Crippen LogP contribution in [0.5, 0.6) is 0 Å². The van der Waals surface area contributed by atoms with E-state index in [-0.39, 0.29) is 36.6 Å². The molecule has 2 rings (SSSR count). The minimum absolute atomic E-state index is 0. The van der Waals surface area contributed by atoms with E-state index >= 15 is 0 Å². The van der Waals surface area contributed by atoms with Crippen LogP contribution in [-0.4, -0.2) is 36.6 Å². The molecule has 0 bridgehead atoms. The molecule has 1 aromatic rings.